The highest BCUT2D eigenvalue weighted by Crippen LogP contribution is 2.20. The molecule has 0 N–H and O–H groups in total. The van der Waals surface area contributed by atoms with Crippen LogP contribution in [0.15, 0.2) is 0 Å². The normalized spacial score (nSPS) is 16.4. The first kappa shape index (κ1) is 12.8. The van der Waals surface area contributed by atoms with Crippen molar-refractivity contribution in [1.82, 2.24) is 15.0 Å². The summed E-state index contributed by atoms with van der Waals surface area (Å²) >= 11 is 0. The average molecular weight is 254 g/mol. The molecule has 1 aliphatic rings. The first-order valence-corrected chi connectivity index (χ1v) is 5.89. The number of hydrogen-bond acceptors (Lipinski definition) is 7. The maximum absolute atomic E-state index is 5.35. The third-order valence-corrected chi connectivity index (χ3v) is 3.00. The number of anilines is 1. The van der Waals surface area contributed by atoms with Crippen LogP contribution in [-0.2, 0) is 4.74 Å². The molecule has 0 aromatic carbocycles. The molecule has 0 bridgehead atoms. The van der Waals surface area contributed by atoms with Gasteiger partial charge in [-0.25, -0.2) is 0 Å². The quantitative estimate of drug-likeness (QED) is 0.775. The van der Waals surface area contributed by atoms with Crippen LogP contribution in [0.25, 0.3) is 0 Å². The molecular formula is C11H18N4O3. The maximum Gasteiger partial charge on any atom is 0.324 e. The molecule has 0 spiro atoms. The molecule has 1 fully saturated rings. The van der Waals surface area contributed by atoms with E-state index in [0.717, 1.165) is 26.1 Å². The molecule has 0 unspecified atom stereocenters. The lowest BCUT2D eigenvalue weighted by molar-refractivity contribution is 0.0851. The van der Waals surface area contributed by atoms with E-state index in [0.29, 0.717) is 12.0 Å². The van der Waals surface area contributed by atoms with E-state index in [9.17, 15) is 0 Å². The van der Waals surface area contributed by atoms with Gasteiger partial charge in [-0.05, 0) is 12.8 Å². The van der Waals surface area contributed by atoms with Crippen molar-refractivity contribution in [1.29, 1.82) is 0 Å². The summed E-state index contributed by atoms with van der Waals surface area (Å²) in [5, 5.41) is 0. The predicted molar refractivity (Wildman–Crippen MR) is 65.2 cm³/mol. The van der Waals surface area contributed by atoms with E-state index in [1.807, 2.05) is 11.9 Å². The van der Waals surface area contributed by atoms with Crippen LogP contribution in [0.1, 0.15) is 12.8 Å². The molecule has 100 valence electrons. The third kappa shape index (κ3) is 2.79. The van der Waals surface area contributed by atoms with Crippen molar-refractivity contribution in [3.05, 3.63) is 0 Å². The Morgan fingerprint density at radius 3 is 2.11 bits per heavy atom. The highest BCUT2D eigenvalue weighted by atomic mass is 16.5. The third-order valence-electron chi connectivity index (χ3n) is 3.00. The fourth-order valence-electron chi connectivity index (χ4n) is 1.90. The molecule has 0 amide bonds. The zero-order valence-electron chi connectivity index (χ0n) is 10.9. The summed E-state index contributed by atoms with van der Waals surface area (Å²) in [6.45, 7) is 1.54. The molecule has 2 rings (SSSR count). The minimum Gasteiger partial charge on any atom is -0.467 e. The maximum atomic E-state index is 5.35. The average Bonchev–Trinajstić information content (AvgIpc) is 2.46. The summed E-state index contributed by atoms with van der Waals surface area (Å²) in [5.74, 6) is 0.561. The molecule has 7 heteroatoms. The zero-order chi connectivity index (χ0) is 13.0. The number of rotatable bonds is 4. The van der Waals surface area contributed by atoms with Gasteiger partial charge in [0.15, 0.2) is 0 Å². The van der Waals surface area contributed by atoms with Gasteiger partial charge in [0.1, 0.15) is 0 Å². The molecule has 1 aromatic heterocycles. The van der Waals surface area contributed by atoms with Gasteiger partial charge in [-0.3, -0.25) is 0 Å². The monoisotopic (exact) mass is 254 g/mol. The lowest BCUT2D eigenvalue weighted by atomic mass is 10.1. The predicted octanol–water partition coefficient (Wildman–Crippen LogP) is 0.504. The van der Waals surface area contributed by atoms with Gasteiger partial charge >= 0.3 is 12.0 Å². The Bertz CT molecular complexity index is 374. The first-order chi connectivity index (χ1) is 8.74. The summed E-state index contributed by atoms with van der Waals surface area (Å²) in [5.41, 5.74) is 0. The van der Waals surface area contributed by atoms with Crippen molar-refractivity contribution in [2.75, 3.05) is 39.4 Å². The number of hydrogen-bond donors (Lipinski definition) is 0. The van der Waals surface area contributed by atoms with E-state index < -0.39 is 0 Å². The second kappa shape index (κ2) is 5.81. The van der Waals surface area contributed by atoms with Crippen molar-refractivity contribution >= 4 is 5.95 Å². The fourth-order valence-corrected chi connectivity index (χ4v) is 1.90. The molecule has 1 saturated heterocycles. The van der Waals surface area contributed by atoms with E-state index in [1.165, 1.54) is 14.2 Å². The fraction of sp³-hybridized carbons (Fsp3) is 0.727. The van der Waals surface area contributed by atoms with Crippen LogP contribution in [0.3, 0.4) is 0 Å². The Hall–Kier alpha value is -1.63. The Labute approximate surface area is 106 Å². The second-order valence-corrected chi connectivity index (χ2v) is 4.06. The number of ether oxygens (including phenoxy) is 3. The SMILES string of the molecule is COc1nc(OC)nc(N(C)C2CCOCC2)n1. The van der Waals surface area contributed by atoms with Crippen LogP contribution in [0, 0.1) is 0 Å². The zero-order valence-corrected chi connectivity index (χ0v) is 10.9. The van der Waals surface area contributed by atoms with Gasteiger partial charge in [0.25, 0.3) is 0 Å². The molecular weight excluding hydrogens is 236 g/mol. The van der Waals surface area contributed by atoms with Crippen molar-refractivity contribution in [2.45, 2.75) is 18.9 Å². The Morgan fingerprint density at radius 2 is 1.61 bits per heavy atom. The van der Waals surface area contributed by atoms with Crippen LogP contribution in [0.5, 0.6) is 12.0 Å². The van der Waals surface area contributed by atoms with Crippen molar-refractivity contribution in [2.24, 2.45) is 0 Å². The molecule has 18 heavy (non-hydrogen) atoms. The first-order valence-electron chi connectivity index (χ1n) is 5.89. The minimum atomic E-state index is 0.260. The lowest BCUT2D eigenvalue weighted by Crippen LogP contribution is -2.37. The van der Waals surface area contributed by atoms with Crippen molar-refractivity contribution in [3.8, 4) is 12.0 Å². The molecule has 0 aliphatic carbocycles. The van der Waals surface area contributed by atoms with E-state index >= 15 is 0 Å². The molecule has 0 saturated carbocycles. The molecule has 0 atom stereocenters. The number of nitrogens with zero attached hydrogens (tertiary/aromatic N) is 4. The topological polar surface area (TPSA) is 69.6 Å². The van der Waals surface area contributed by atoms with E-state index in [4.69, 9.17) is 14.2 Å². The van der Waals surface area contributed by atoms with Gasteiger partial charge in [-0.2, -0.15) is 9.97 Å². The Morgan fingerprint density at radius 1 is 1.06 bits per heavy atom. The largest absolute Gasteiger partial charge is 0.467 e. The molecule has 1 aliphatic heterocycles. The lowest BCUT2D eigenvalue weighted by Gasteiger charge is -2.31. The summed E-state index contributed by atoms with van der Waals surface area (Å²) in [6.07, 6.45) is 1.93. The van der Waals surface area contributed by atoms with Crippen LogP contribution < -0.4 is 14.4 Å². The van der Waals surface area contributed by atoms with Gasteiger partial charge in [-0.15, -0.1) is 4.98 Å². The summed E-state index contributed by atoms with van der Waals surface area (Å²) in [6, 6.07) is 0.891. The van der Waals surface area contributed by atoms with Gasteiger partial charge in [0, 0.05) is 26.3 Å². The van der Waals surface area contributed by atoms with Crippen molar-refractivity contribution < 1.29 is 14.2 Å². The molecule has 1 aromatic rings. The second-order valence-electron chi connectivity index (χ2n) is 4.06. The molecule has 2 heterocycles. The van der Waals surface area contributed by atoms with Gasteiger partial charge in [0.05, 0.1) is 14.2 Å². The van der Waals surface area contributed by atoms with E-state index in [1.54, 1.807) is 0 Å². The van der Waals surface area contributed by atoms with Crippen LogP contribution in [0.4, 0.5) is 5.95 Å². The van der Waals surface area contributed by atoms with Gasteiger partial charge < -0.3 is 19.1 Å². The van der Waals surface area contributed by atoms with Gasteiger partial charge in [0.2, 0.25) is 5.95 Å². The number of methoxy groups -OCH3 is 2. The summed E-state index contributed by atoms with van der Waals surface area (Å²) in [4.78, 5) is 14.5. The highest BCUT2D eigenvalue weighted by Gasteiger charge is 2.22. The smallest absolute Gasteiger partial charge is 0.324 e. The van der Waals surface area contributed by atoms with E-state index in [-0.39, 0.29) is 12.0 Å². The molecule has 7 nitrogen and oxygen atoms in total. The highest BCUT2D eigenvalue weighted by molar-refractivity contribution is 5.32. The van der Waals surface area contributed by atoms with Crippen LogP contribution in [-0.4, -0.2) is 55.5 Å². The summed E-state index contributed by atoms with van der Waals surface area (Å²) < 4.78 is 15.4. The summed E-state index contributed by atoms with van der Waals surface area (Å²) in [7, 11) is 5.00. The standard InChI is InChI=1S/C11H18N4O3/c1-15(8-4-6-18-7-5-8)9-12-10(16-2)14-11(13-9)17-3/h8H,4-7H2,1-3H3. The van der Waals surface area contributed by atoms with Gasteiger partial charge in [-0.1, -0.05) is 0 Å². The Kier molecular flexibility index (Phi) is 4.14. The van der Waals surface area contributed by atoms with E-state index in [2.05, 4.69) is 15.0 Å². The Balaban J connectivity index is 2.19. The van der Waals surface area contributed by atoms with Crippen LogP contribution in [0.2, 0.25) is 0 Å². The van der Waals surface area contributed by atoms with Crippen LogP contribution >= 0.6 is 0 Å². The van der Waals surface area contributed by atoms with Crippen molar-refractivity contribution in [3.63, 3.8) is 0 Å². The minimum absolute atomic E-state index is 0.260. The molecule has 0 radical (unpaired) electrons. The number of aromatic nitrogens is 3.